The number of ether oxygens (including phenoxy) is 1. The maximum Gasteiger partial charge on any atom is 0.253 e. The second-order valence-corrected chi connectivity index (χ2v) is 18.8. The van der Waals surface area contributed by atoms with E-state index >= 15 is 0 Å². The van der Waals surface area contributed by atoms with Gasteiger partial charge in [0.25, 0.3) is 11.8 Å². The average molecular weight is 1280 g/mol. The summed E-state index contributed by atoms with van der Waals surface area (Å²) in [7, 11) is -4.88. The maximum absolute atomic E-state index is 13.5. The van der Waals surface area contributed by atoms with E-state index in [-0.39, 0.29) is 76.4 Å². The first-order valence-electron chi connectivity index (χ1n) is 24.4. The van der Waals surface area contributed by atoms with Crippen LogP contribution >= 0.6 is 0 Å². The number of imide groups is 1. The summed E-state index contributed by atoms with van der Waals surface area (Å²) in [6, 6.07) is 26.1. The Bertz CT molecular complexity index is 3300. The molecule has 79 heavy (non-hydrogen) atoms. The smallest absolute Gasteiger partial charge is 0.253 e. The van der Waals surface area contributed by atoms with Gasteiger partial charge >= 0.3 is 0 Å². The molecular weight excluding hydrogens is 1230 g/mol. The van der Waals surface area contributed by atoms with Crippen LogP contribution in [0, 0.1) is 35.4 Å². The zero-order valence-electron chi connectivity index (χ0n) is 41.9. The van der Waals surface area contributed by atoms with Crippen LogP contribution < -0.4 is 20.9 Å². The Morgan fingerprint density at radius 3 is 1.99 bits per heavy atom. The number of carbonyl (C=O) groups excluding carboxylic acids is 5. The van der Waals surface area contributed by atoms with Crippen molar-refractivity contribution in [3.05, 3.63) is 163 Å². The quantitative estimate of drug-likeness (QED) is 0.0217. The molecule has 1 saturated heterocycles. The minimum atomic E-state index is -4.88. The van der Waals surface area contributed by atoms with Crippen LogP contribution in [0.2, 0.25) is 0 Å². The summed E-state index contributed by atoms with van der Waals surface area (Å²) < 4.78 is 92.0. The van der Waals surface area contributed by atoms with Crippen molar-refractivity contribution in [2.75, 3.05) is 50.0 Å². The number of benzene rings is 3. The average Bonchev–Trinajstić information content (AvgIpc) is 4.17. The van der Waals surface area contributed by atoms with Gasteiger partial charge in [-0.15, -0.1) is 24.3 Å². The first-order chi connectivity index (χ1) is 37.6. The molecule has 3 N–H and O–H groups in total. The number of nitrogens with one attached hydrogen (secondary N) is 3. The Morgan fingerprint density at radius 2 is 1.38 bits per heavy atom. The fraction of sp³-hybridized carbons (Fsp3) is 0.255. The van der Waals surface area contributed by atoms with Gasteiger partial charge in [0.15, 0.2) is 0 Å². The minimum Gasteiger partial charge on any atom is -0.748 e. The summed E-state index contributed by atoms with van der Waals surface area (Å²) in [5.74, 6) is -6.11. The Labute approximate surface area is 465 Å². The van der Waals surface area contributed by atoms with Gasteiger partial charge in [0.2, 0.25) is 17.7 Å². The Morgan fingerprint density at radius 1 is 0.747 bits per heavy atom. The monoisotopic (exact) mass is 1280 g/mol. The van der Waals surface area contributed by atoms with E-state index < -0.39 is 74.9 Å². The van der Waals surface area contributed by atoms with Gasteiger partial charge in [0, 0.05) is 123 Å². The topological polar surface area (TPSA) is 246 Å². The first-order valence-corrected chi connectivity index (χ1v) is 26.0. The number of unbranched alkanes of at least 4 members (excludes halogenated alkanes) is 1. The molecule has 2 unspecified atom stereocenters. The molecule has 2 atom stereocenters. The molecule has 0 bridgehead atoms. The molecule has 7 aromatic rings. The Kier molecular flexibility index (Phi) is 22.3. The van der Waals surface area contributed by atoms with Gasteiger partial charge in [-0.1, -0.05) is 59.7 Å². The molecule has 24 heteroatoms. The zero-order valence-corrected chi connectivity index (χ0v) is 45.1. The van der Waals surface area contributed by atoms with E-state index in [9.17, 15) is 54.5 Å². The number of halogens is 4. The normalized spacial score (nSPS) is 14.2. The van der Waals surface area contributed by atoms with Gasteiger partial charge in [0.05, 0.1) is 46.7 Å². The summed E-state index contributed by atoms with van der Waals surface area (Å²) in [4.78, 5) is 81.4. The molecule has 0 saturated carbocycles. The van der Waals surface area contributed by atoms with Crippen LogP contribution in [0.25, 0.3) is 44.3 Å². The molecule has 18 nitrogen and oxygen atoms in total. The number of carbonyl (C=O) groups is 5. The molecule has 4 aromatic heterocycles. The molecular formula is C55H50F4IrN9O9S-3. The van der Waals surface area contributed by atoms with Crippen molar-refractivity contribution in [3.63, 3.8) is 0 Å². The number of aromatic nitrogens is 4. The van der Waals surface area contributed by atoms with E-state index in [0.717, 1.165) is 51.1 Å². The van der Waals surface area contributed by atoms with Crippen LogP contribution in [-0.4, -0.2) is 125 Å². The second-order valence-electron chi connectivity index (χ2n) is 17.4. The van der Waals surface area contributed by atoms with Crippen molar-refractivity contribution in [1.82, 2.24) is 40.8 Å². The number of pyridine rings is 4. The third kappa shape index (κ3) is 17.3. The number of hydrogen-bond donors (Lipinski definition) is 3. The number of fused-ring (bicyclic) bond motifs is 3. The molecule has 2 aliphatic heterocycles. The van der Waals surface area contributed by atoms with Crippen molar-refractivity contribution in [2.45, 2.75) is 44.2 Å². The largest absolute Gasteiger partial charge is 0.748 e. The summed E-state index contributed by atoms with van der Waals surface area (Å²) in [6.07, 6.45) is 10.9. The Balaban J connectivity index is 0.000000279. The van der Waals surface area contributed by atoms with Crippen LogP contribution in [-0.2, 0) is 58.9 Å². The third-order valence-corrected chi connectivity index (χ3v) is 12.7. The second kappa shape index (κ2) is 29.2. The van der Waals surface area contributed by atoms with E-state index in [2.05, 4.69) is 48.0 Å². The van der Waals surface area contributed by atoms with Gasteiger partial charge < -0.3 is 40.1 Å². The number of amides is 5. The molecule has 9 rings (SSSR count). The van der Waals surface area contributed by atoms with E-state index in [1.807, 2.05) is 29.2 Å². The molecule has 5 amide bonds. The van der Waals surface area contributed by atoms with Crippen molar-refractivity contribution >= 4 is 67.1 Å². The molecule has 415 valence electrons. The van der Waals surface area contributed by atoms with Crippen LogP contribution in [0.3, 0.4) is 0 Å². The molecule has 2 aliphatic rings. The minimum absolute atomic E-state index is 0. The Hall–Kier alpha value is -7.89. The molecule has 6 heterocycles. The van der Waals surface area contributed by atoms with Crippen molar-refractivity contribution in [1.29, 1.82) is 0 Å². The number of hydrogen-bond acceptors (Lipinski definition) is 14. The fourth-order valence-corrected chi connectivity index (χ4v) is 8.92. The predicted molar refractivity (Wildman–Crippen MR) is 277 cm³/mol. The van der Waals surface area contributed by atoms with Crippen LogP contribution in [0.15, 0.2) is 128 Å². The third-order valence-electron chi connectivity index (χ3n) is 11.9. The standard InChI is InChI=1S/C33H39N7O9S.2C11H6F2N.Ir/c41-27(34-16-19-49-20-18-40-28(42)10-11-29(40)43)7-1-2-13-37-32(44)24(21-50(46,47)48)38-33(45)26-6-4-17-39(26)25-12-15-36-31-23(25)9-8-22-5-3-14-35-30(22)31;2*12-8-4-5-9(10(13)7-8)11-3-1-2-6-14-11;/h3,5,8-12,14-15,24,26H,1-2,4,6-7,13,16-21H2,(H,34,41)(H,37,44)(H,38,45)(H,46,47,48);2*1-4,6-7H;/q;2*-1;/p-1. The van der Waals surface area contributed by atoms with E-state index in [0.29, 0.717) is 49.1 Å². The SMILES string of the molecule is Fc1c[c-]c(-c2ccccn2)c(F)c1.Fc1c[c-]c(-c2ccccn2)c(F)c1.O=C(CCCCNC(=O)C(CS(=O)(=O)[O-])NC(=O)C1CCCN1c1ccnc2c1ccc1cccnc12)NCCOCCN1C(=O)C=CC1=O.[Ir]. The van der Waals surface area contributed by atoms with Gasteiger partial charge in [-0.2, -0.15) is 0 Å². The maximum atomic E-state index is 13.5. The van der Waals surface area contributed by atoms with Crippen LogP contribution in [0.4, 0.5) is 23.2 Å². The molecule has 0 aliphatic carbocycles. The van der Waals surface area contributed by atoms with Gasteiger partial charge in [-0.3, -0.25) is 56.4 Å². The van der Waals surface area contributed by atoms with E-state index in [4.69, 9.17) is 4.74 Å². The summed E-state index contributed by atoms with van der Waals surface area (Å²) >= 11 is 0. The van der Waals surface area contributed by atoms with Crippen molar-refractivity contribution in [2.24, 2.45) is 0 Å². The van der Waals surface area contributed by atoms with Crippen molar-refractivity contribution < 1.29 is 79.3 Å². The summed E-state index contributed by atoms with van der Waals surface area (Å²) in [6.45, 7) is 1.30. The van der Waals surface area contributed by atoms with E-state index in [1.54, 1.807) is 67.3 Å². The van der Waals surface area contributed by atoms with Crippen LogP contribution in [0.1, 0.15) is 32.1 Å². The van der Waals surface area contributed by atoms with Gasteiger partial charge in [-0.25, -0.2) is 8.42 Å². The van der Waals surface area contributed by atoms with Crippen LogP contribution in [0.5, 0.6) is 0 Å². The zero-order chi connectivity index (χ0) is 55.6. The molecule has 1 radical (unpaired) electrons. The molecule has 0 spiro atoms. The number of rotatable bonds is 19. The summed E-state index contributed by atoms with van der Waals surface area (Å²) in [5, 5.41) is 9.45. The fourth-order valence-electron chi connectivity index (χ4n) is 8.28. The summed E-state index contributed by atoms with van der Waals surface area (Å²) in [5.41, 5.74) is 3.42. The number of anilines is 1. The van der Waals surface area contributed by atoms with E-state index in [1.165, 1.54) is 12.2 Å². The first kappa shape index (κ1) is 60.3. The molecule has 1 fully saturated rings. The van der Waals surface area contributed by atoms with Gasteiger partial charge in [-0.05, 0) is 67.4 Å². The number of nitrogens with zero attached hydrogens (tertiary/aromatic N) is 6. The predicted octanol–water partition coefficient (Wildman–Crippen LogP) is 5.78. The van der Waals surface area contributed by atoms with Gasteiger partial charge in [0.1, 0.15) is 12.1 Å². The molecule has 3 aromatic carbocycles. The van der Waals surface area contributed by atoms with Crippen molar-refractivity contribution in [3.8, 4) is 22.5 Å².